The van der Waals surface area contributed by atoms with Crippen LogP contribution in [0, 0.1) is 17.2 Å². The molecule has 0 spiro atoms. The maximum absolute atomic E-state index is 12.6. The number of urea groups is 1. The maximum Gasteiger partial charge on any atom is 0.317 e. The standard InChI is InChI=1S/C21H29N3O3/c1-26-20-12-16(13-22)9-10-19(20)27-15-17-6-5-11-24(14-17)21(25)23-18-7-3-2-4-8-18/h9-10,12,17-18H,2-8,11,14-15H2,1H3,(H,23,25). The fraction of sp³-hybridized carbons (Fsp3) is 0.619. The van der Waals surface area contributed by atoms with E-state index in [0.29, 0.717) is 35.6 Å². The largest absolute Gasteiger partial charge is 0.493 e. The summed E-state index contributed by atoms with van der Waals surface area (Å²) in [4.78, 5) is 14.5. The van der Waals surface area contributed by atoms with Gasteiger partial charge in [0, 0.05) is 31.1 Å². The molecule has 6 nitrogen and oxygen atoms in total. The Hall–Kier alpha value is -2.42. The molecule has 1 atom stereocenters. The van der Waals surface area contributed by atoms with Gasteiger partial charge in [-0.05, 0) is 37.8 Å². The first-order valence-electron chi connectivity index (χ1n) is 9.96. The van der Waals surface area contributed by atoms with E-state index in [1.165, 1.54) is 19.3 Å². The average Bonchev–Trinajstić information content (AvgIpc) is 2.73. The molecule has 1 aliphatic heterocycles. The van der Waals surface area contributed by atoms with E-state index >= 15 is 0 Å². The van der Waals surface area contributed by atoms with E-state index in [-0.39, 0.29) is 6.03 Å². The molecular weight excluding hydrogens is 342 g/mol. The second kappa shape index (κ2) is 9.50. The van der Waals surface area contributed by atoms with Crippen LogP contribution in [0.4, 0.5) is 4.79 Å². The summed E-state index contributed by atoms with van der Waals surface area (Å²) in [5.41, 5.74) is 0.544. The van der Waals surface area contributed by atoms with Gasteiger partial charge in [-0.2, -0.15) is 5.26 Å². The van der Waals surface area contributed by atoms with Crippen molar-refractivity contribution in [3.8, 4) is 17.6 Å². The summed E-state index contributed by atoms with van der Waals surface area (Å²) in [5, 5.41) is 12.2. The number of carbonyl (C=O) groups excluding carboxylic acids is 1. The average molecular weight is 371 g/mol. The monoisotopic (exact) mass is 371 g/mol. The van der Waals surface area contributed by atoms with Gasteiger partial charge in [0.15, 0.2) is 11.5 Å². The number of benzene rings is 1. The lowest BCUT2D eigenvalue weighted by molar-refractivity contribution is 0.132. The van der Waals surface area contributed by atoms with E-state index in [1.54, 1.807) is 25.3 Å². The van der Waals surface area contributed by atoms with Crippen LogP contribution in [-0.2, 0) is 0 Å². The quantitative estimate of drug-likeness (QED) is 0.856. The van der Waals surface area contributed by atoms with Crippen molar-refractivity contribution in [2.75, 3.05) is 26.8 Å². The van der Waals surface area contributed by atoms with Crippen molar-refractivity contribution >= 4 is 6.03 Å². The third-order valence-electron chi connectivity index (χ3n) is 5.51. The van der Waals surface area contributed by atoms with Gasteiger partial charge in [-0.3, -0.25) is 0 Å². The van der Waals surface area contributed by atoms with E-state index in [1.807, 2.05) is 4.90 Å². The highest BCUT2D eigenvalue weighted by Crippen LogP contribution is 2.29. The topological polar surface area (TPSA) is 74.6 Å². The van der Waals surface area contributed by atoms with E-state index < -0.39 is 0 Å². The van der Waals surface area contributed by atoms with Crippen molar-refractivity contribution < 1.29 is 14.3 Å². The van der Waals surface area contributed by atoms with Gasteiger partial charge in [0.2, 0.25) is 0 Å². The Balaban J connectivity index is 1.51. The van der Waals surface area contributed by atoms with E-state index in [2.05, 4.69) is 11.4 Å². The summed E-state index contributed by atoms with van der Waals surface area (Å²) in [6.45, 7) is 2.07. The molecule has 1 unspecified atom stereocenters. The second-order valence-corrected chi connectivity index (χ2v) is 7.53. The van der Waals surface area contributed by atoms with Crippen molar-refractivity contribution in [1.82, 2.24) is 10.2 Å². The smallest absolute Gasteiger partial charge is 0.317 e. The fourth-order valence-electron chi connectivity index (χ4n) is 3.96. The van der Waals surface area contributed by atoms with Crippen LogP contribution in [0.5, 0.6) is 11.5 Å². The molecule has 146 valence electrons. The molecule has 0 bridgehead atoms. The van der Waals surface area contributed by atoms with Gasteiger partial charge in [0.25, 0.3) is 0 Å². The Morgan fingerprint density at radius 1 is 1.22 bits per heavy atom. The van der Waals surface area contributed by atoms with Crippen LogP contribution in [0.15, 0.2) is 18.2 Å². The Labute approximate surface area is 161 Å². The van der Waals surface area contributed by atoms with Crippen LogP contribution >= 0.6 is 0 Å². The van der Waals surface area contributed by atoms with E-state index in [9.17, 15) is 4.79 Å². The molecule has 6 heteroatoms. The highest BCUT2D eigenvalue weighted by Gasteiger charge is 2.26. The van der Waals surface area contributed by atoms with Crippen molar-refractivity contribution in [3.63, 3.8) is 0 Å². The van der Waals surface area contributed by atoms with Crippen molar-refractivity contribution in [1.29, 1.82) is 5.26 Å². The van der Waals surface area contributed by atoms with Gasteiger partial charge in [0.05, 0.1) is 25.3 Å². The number of piperidine rings is 1. The Kier molecular flexibility index (Phi) is 6.80. The number of amides is 2. The summed E-state index contributed by atoms with van der Waals surface area (Å²) in [5.74, 6) is 1.51. The number of rotatable bonds is 5. The Morgan fingerprint density at radius 2 is 2.04 bits per heavy atom. The van der Waals surface area contributed by atoms with Crippen LogP contribution in [0.2, 0.25) is 0 Å². The van der Waals surface area contributed by atoms with Gasteiger partial charge in [-0.1, -0.05) is 19.3 Å². The van der Waals surface area contributed by atoms with Crippen LogP contribution in [-0.4, -0.2) is 43.8 Å². The minimum atomic E-state index is 0.0718. The van der Waals surface area contributed by atoms with Gasteiger partial charge >= 0.3 is 6.03 Å². The van der Waals surface area contributed by atoms with Crippen molar-refractivity contribution in [3.05, 3.63) is 23.8 Å². The molecule has 0 radical (unpaired) electrons. The fourth-order valence-corrected chi connectivity index (χ4v) is 3.96. The highest BCUT2D eigenvalue weighted by atomic mass is 16.5. The number of nitrogens with one attached hydrogen (secondary N) is 1. The molecule has 1 aromatic rings. The molecule has 1 saturated heterocycles. The van der Waals surface area contributed by atoms with Gasteiger partial charge in [0.1, 0.15) is 0 Å². The first-order chi connectivity index (χ1) is 13.2. The zero-order valence-electron chi connectivity index (χ0n) is 16.1. The third kappa shape index (κ3) is 5.29. The van der Waals surface area contributed by atoms with Gasteiger partial charge in [-0.15, -0.1) is 0 Å². The molecule has 1 saturated carbocycles. The first-order valence-corrected chi connectivity index (χ1v) is 9.96. The number of hydrogen-bond acceptors (Lipinski definition) is 4. The molecular formula is C21H29N3O3. The van der Waals surface area contributed by atoms with E-state index in [4.69, 9.17) is 14.7 Å². The molecule has 27 heavy (non-hydrogen) atoms. The minimum Gasteiger partial charge on any atom is -0.493 e. The molecule has 0 aromatic heterocycles. The van der Waals surface area contributed by atoms with Gasteiger partial charge < -0.3 is 19.7 Å². The molecule has 2 aliphatic rings. The summed E-state index contributed by atoms with van der Waals surface area (Å²) in [6, 6.07) is 7.69. The molecule has 2 amide bonds. The van der Waals surface area contributed by atoms with Gasteiger partial charge in [-0.25, -0.2) is 4.79 Å². The Morgan fingerprint density at radius 3 is 2.78 bits per heavy atom. The Bertz CT molecular complexity index is 680. The molecule has 1 aliphatic carbocycles. The zero-order chi connectivity index (χ0) is 19.1. The van der Waals surface area contributed by atoms with Crippen LogP contribution < -0.4 is 14.8 Å². The van der Waals surface area contributed by atoms with E-state index in [0.717, 1.165) is 38.8 Å². The highest BCUT2D eigenvalue weighted by molar-refractivity contribution is 5.74. The molecule has 3 rings (SSSR count). The molecule has 1 aromatic carbocycles. The number of carbonyl (C=O) groups is 1. The third-order valence-corrected chi connectivity index (χ3v) is 5.51. The number of ether oxygens (including phenoxy) is 2. The predicted molar refractivity (Wildman–Crippen MR) is 103 cm³/mol. The zero-order valence-corrected chi connectivity index (χ0v) is 16.1. The SMILES string of the molecule is COc1cc(C#N)ccc1OCC1CCCN(C(=O)NC2CCCCC2)C1. The normalized spacial score (nSPS) is 20.6. The predicted octanol–water partition coefficient (Wildman–Crippen LogP) is 3.70. The number of hydrogen-bond donors (Lipinski definition) is 1. The molecule has 1 N–H and O–H groups in total. The van der Waals surface area contributed by atoms with Crippen molar-refractivity contribution in [2.45, 2.75) is 51.0 Å². The number of likely N-dealkylation sites (tertiary alicyclic amines) is 1. The minimum absolute atomic E-state index is 0.0718. The summed E-state index contributed by atoms with van der Waals surface area (Å²) >= 11 is 0. The number of methoxy groups -OCH3 is 1. The lowest BCUT2D eigenvalue weighted by atomic mass is 9.95. The second-order valence-electron chi connectivity index (χ2n) is 7.53. The molecule has 2 fully saturated rings. The lowest BCUT2D eigenvalue weighted by Gasteiger charge is -2.34. The van der Waals surface area contributed by atoms with Crippen LogP contribution in [0.1, 0.15) is 50.5 Å². The van der Waals surface area contributed by atoms with Crippen LogP contribution in [0.25, 0.3) is 0 Å². The summed E-state index contributed by atoms with van der Waals surface area (Å²) < 4.78 is 11.3. The summed E-state index contributed by atoms with van der Waals surface area (Å²) in [7, 11) is 1.57. The summed E-state index contributed by atoms with van der Waals surface area (Å²) in [6.07, 6.45) is 7.97. The van der Waals surface area contributed by atoms with Crippen LogP contribution in [0.3, 0.4) is 0 Å². The maximum atomic E-state index is 12.6. The molecule has 1 heterocycles. The number of nitrogens with zero attached hydrogens (tertiary/aromatic N) is 2. The van der Waals surface area contributed by atoms with Crippen molar-refractivity contribution in [2.24, 2.45) is 5.92 Å². The first kappa shape index (κ1) is 19.3. The lowest BCUT2D eigenvalue weighted by Crippen LogP contribution is -2.49. The number of nitriles is 1.